The molecule has 3 heterocycles. The van der Waals surface area contributed by atoms with Crippen molar-refractivity contribution in [3.05, 3.63) is 54.0 Å². The van der Waals surface area contributed by atoms with Gasteiger partial charge in [-0.3, -0.25) is 14.8 Å². The lowest BCUT2D eigenvalue weighted by Crippen LogP contribution is -2.48. The first-order chi connectivity index (χ1) is 16.0. The molecule has 3 N–H and O–H groups in total. The van der Waals surface area contributed by atoms with Crippen molar-refractivity contribution in [3.63, 3.8) is 0 Å². The topological polar surface area (TPSA) is 106 Å². The average Bonchev–Trinajstić information content (AvgIpc) is 2.84. The number of hydrogen-bond acceptors (Lipinski definition) is 7. The molecular weight excluding hydrogens is 420 g/mol. The zero-order valence-corrected chi connectivity index (χ0v) is 18.6. The van der Waals surface area contributed by atoms with Crippen molar-refractivity contribution in [3.8, 4) is 11.5 Å². The summed E-state index contributed by atoms with van der Waals surface area (Å²) in [6.07, 6.45) is 3.87. The summed E-state index contributed by atoms with van der Waals surface area (Å²) in [6, 6.07) is 11.7. The van der Waals surface area contributed by atoms with E-state index in [1.807, 2.05) is 43.3 Å². The lowest BCUT2D eigenvalue weighted by molar-refractivity contribution is -0.137. The van der Waals surface area contributed by atoms with Gasteiger partial charge in [0.1, 0.15) is 18.8 Å². The molecule has 0 bridgehead atoms. The fraction of sp³-hybridized carbons (Fsp3) is 0.400. The summed E-state index contributed by atoms with van der Waals surface area (Å²) in [5, 5.41) is 18.4. The van der Waals surface area contributed by atoms with E-state index < -0.39 is 5.60 Å². The van der Waals surface area contributed by atoms with Gasteiger partial charge < -0.3 is 25.2 Å². The van der Waals surface area contributed by atoms with Crippen LogP contribution in [0, 0.1) is 6.92 Å². The molecule has 0 unspecified atom stereocenters. The minimum Gasteiger partial charge on any atom is -0.486 e. The van der Waals surface area contributed by atoms with Gasteiger partial charge in [0.05, 0.1) is 23.1 Å². The second kappa shape index (κ2) is 8.96. The number of hydrogen-bond donors (Lipinski definition) is 3. The van der Waals surface area contributed by atoms with Gasteiger partial charge >= 0.3 is 0 Å². The molecule has 33 heavy (non-hydrogen) atoms. The molecule has 8 heteroatoms. The predicted octanol–water partition coefficient (Wildman–Crippen LogP) is 3.11. The number of pyridine rings is 2. The molecule has 0 atom stereocenters. The number of nitrogens with one attached hydrogen (secondary N) is 2. The molecule has 2 aliphatic rings. The van der Waals surface area contributed by atoms with E-state index in [1.165, 1.54) is 0 Å². The average molecular weight is 449 g/mol. The fourth-order valence-corrected chi connectivity index (χ4v) is 4.45. The highest BCUT2D eigenvalue weighted by molar-refractivity contribution is 6.03. The molecule has 1 aliphatic carbocycles. The second-order valence-corrected chi connectivity index (χ2v) is 8.79. The van der Waals surface area contributed by atoms with Crippen LogP contribution in [0.5, 0.6) is 11.5 Å². The Bertz CT molecular complexity index is 1170. The third kappa shape index (κ3) is 4.62. The molecule has 0 radical (unpaired) electrons. The van der Waals surface area contributed by atoms with Crippen molar-refractivity contribution in [1.82, 2.24) is 15.3 Å². The summed E-state index contributed by atoms with van der Waals surface area (Å²) in [5.74, 6) is 1.03. The summed E-state index contributed by atoms with van der Waals surface area (Å²) >= 11 is 0. The SMILES string of the molecule is Cc1ccc2cccc(NC(=O)[C@]3(O)CC[C@@H](NCc4cc5c(cn4)OCCO5)CC3)c2n1. The monoisotopic (exact) mass is 448 g/mol. The number of amides is 1. The Morgan fingerprint density at radius 2 is 1.94 bits per heavy atom. The molecule has 2 aromatic heterocycles. The first kappa shape index (κ1) is 21.6. The minimum absolute atomic E-state index is 0.204. The molecular formula is C25H28N4O4. The molecule has 5 rings (SSSR count). The summed E-state index contributed by atoms with van der Waals surface area (Å²) in [4.78, 5) is 22.0. The van der Waals surface area contributed by atoms with Crippen molar-refractivity contribution in [2.75, 3.05) is 18.5 Å². The molecule has 0 saturated heterocycles. The maximum absolute atomic E-state index is 13.0. The van der Waals surface area contributed by atoms with Crippen LogP contribution in [0.3, 0.4) is 0 Å². The lowest BCUT2D eigenvalue weighted by Gasteiger charge is -2.35. The highest BCUT2D eigenvalue weighted by Crippen LogP contribution is 2.32. The van der Waals surface area contributed by atoms with Crippen LogP contribution in [0.25, 0.3) is 10.9 Å². The summed E-state index contributed by atoms with van der Waals surface area (Å²) in [5.41, 5.74) is 1.72. The van der Waals surface area contributed by atoms with Gasteiger partial charge in [0.2, 0.25) is 0 Å². The van der Waals surface area contributed by atoms with Crippen molar-refractivity contribution in [2.24, 2.45) is 0 Å². The molecule has 1 aromatic carbocycles. The van der Waals surface area contributed by atoms with Gasteiger partial charge in [-0.1, -0.05) is 18.2 Å². The molecule has 8 nitrogen and oxygen atoms in total. The molecule has 1 amide bonds. The molecule has 1 saturated carbocycles. The second-order valence-electron chi connectivity index (χ2n) is 8.79. The number of aromatic nitrogens is 2. The van der Waals surface area contributed by atoms with Gasteiger partial charge in [-0.2, -0.15) is 0 Å². The number of rotatable bonds is 5. The highest BCUT2D eigenvalue weighted by atomic mass is 16.6. The van der Waals surface area contributed by atoms with Crippen LogP contribution < -0.4 is 20.1 Å². The molecule has 172 valence electrons. The number of para-hydroxylation sites is 1. The standard InChI is InChI=1S/C25H28N4O4/c1-16-5-6-17-3-2-4-20(23(17)28-16)29-24(30)25(31)9-7-18(8-10-25)26-14-19-13-21-22(15-27-19)33-12-11-32-21/h2-6,13,15,18,26,31H,7-12,14H2,1H3,(H,29,30)/t18-,25+. The Kier molecular flexibility index (Phi) is 5.86. The van der Waals surface area contributed by atoms with Crippen molar-refractivity contribution in [2.45, 2.75) is 50.8 Å². The van der Waals surface area contributed by atoms with Crippen molar-refractivity contribution in [1.29, 1.82) is 0 Å². The van der Waals surface area contributed by atoms with Crippen LogP contribution >= 0.6 is 0 Å². The highest BCUT2D eigenvalue weighted by Gasteiger charge is 2.40. The third-order valence-corrected chi connectivity index (χ3v) is 6.40. The lowest BCUT2D eigenvalue weighted by atomic mass is 9.81. The number of aliphatic hydroxyl groups is 1. The first-order valence-corrected chi connectivity index (χ1v) is 11.4. The summed E-state index contributed by atoms with van der Waals surface area (Å²) < 4.78 is 11.1. The summed E-state index contributed by atoms with van der Waals surface area (Å²) in [7, 11) is 0. The van der Waals surface area contributed by atoms with E-state index in [1.54, 1.807) is 6.20 Å². The predicted molar refractivity (Wildman–Crippen MR) is 124 cm³/mol. The van der Waals surface area contributed by atoms with E-state index in [9.17, 15) is 9.90 Å². The van der Waals surface area contributed by atoms with Crippen LogP contribution in [-0.4, -0.2) is 45.8 Å². The van der Waals surface area contributed by atoms with E-state index in [-0.39, 0.29) is 11.9 Å². The summed E-state index contributed by atoms with van der Waals surface area (Å²) in [6.45, 7) is 3.59. The van der Waals surface area contributed by atoms with Crippen LogP contribution in [0.15, 0.2) is 42.6 Å². The van der Waals surface area contributed by atoms with E-state index >= 15 is 0 Å². The van der Waals surface area contributed by atoms with Gasteiger partial charge in [0.15, 0.2) is 11.5 Å². The van der Waals surface area contributed by atoms with Crippen LogP contribution in [0.4, 0.5) is 5.69 Å². The van der Waals surface area contributed by atoms with Crippen molar-refractivity contribution < 1.29 is 19.4 Å². The number of carbonyl (C=O) groups is 1. The third-order valence-electron chi connectivity index (χ3n) is 6.40. The Morgan fingerprint density at radius 1 is 1.15 bits per heavy atom. The van der Waals surface area contributed by atoms with E-state index in [4.69, 9.17) is 9.47 Å². The molecule has 0 spiro atoms. The molecule has 3 aromatic rings. The van der Waals surface area contributed by atoms with E-state index in [2.05, 4.69) is 20.6 Å². The number of ether oxygens (including phenoxy) is 2. The smallest absolute Gasteiger partial charge is 0.256 e. The zero-order chi connectivity index (χ0) is 22.8. The fourth-order valence-electron chi connectivity index (χ4n) is 4.45. The Balaban J connectivity index is 1.18. The quantitative estimate of drug-likeness (QED) is 0.551. The van der Waals surface area contributed by atoms with Crippen LogP contribution in [0.2, 0.25) is 0 Å². The Labute approximate surface area is 192 Å². The number of anilines is 1. The number of aryl methyl sites for hydroxylation is 1. The van der Waals surface area contributed by atoms with Gasteiger partial charge in [-0.05, 0) is 44.7 Å². The first-order valence-electron chi connectivity index (χ1n) is 11.4. The van der Waals surface area contributed by atoms with E-state index in [0.717, 1.165) is 28.0 Å². The number of carbonyl (C=O) groups excluding carboxylic acids is 1. The van der Waals surface area contributed by atoms with Gasteiger partial charge in [-0.15, -0.1) is 0 Å². The maximum atomic E-state index is 13.0. The van der Waals surface area contributed by atoms with Gasteiger partial charge in [-0.25, -0.2) is 0 Å². The van der Waals surface area contributed by atoms with Gasteiger partial charge in [0.25, 0.3) is 5.91 Å². The van der Waals surface area contributed by atoms with Crippen LogP contribution in [0.1, 0.15) is 37.1 Å². The normalized spacial score (nSPS) is 22.2. The van der Waals surface area contributed by atoms with Crippen LogP contribution in [-0.2, 0) is 11.3 Å². The zero-order valence-electron chi connectivity index (χ0n) is 18.6. The number of fused-ring (bicyclic) bond motifs is 2. The largest absolute Gasteiger partial charge is 0.486 e. The van der Waals surface area contributed by atoms with Gasteiger partial charge in [0, 0.05) is 29.7 Å². The minimum atomic E-state index is -1.39. The molecule has 1 fully saturated rings. The molecule has 1 aliphatic heterocycles. The number of nitrogens with zero attached hydrogens (tertiary/aromatic N) is 2. The number of benzene rings is 1. The van der Waals surface area contributed by atoms with E-state index in [0.29, 0.717) is 56.9 Å². The Hall–Kier alpha value is -3.23. The van der Waals surface area contributed by atoms with Crippen molar-refractivity contribution >= 4 is 22.5 Å². The Morgan fingerprint density at radius 3 is 2.76 bits per heavy atom. The maximum Gasteiger partial charge on any atom is 0.256 e.